The molecule has 0 bridgehead atoms. The molecule has 1 heterocycles. The molecule has 2 rings (SSSR count). The highest BCUT2D eigenvalue weighted by molar-refractivity contribution is 4.98. The zero-order valence-corrected chi connectivity index (χ0v) is 10.7. The van der Waals surface area contributed by atoms with Crippen LogP contribution in [-0.2, 0) is 9.47 Å². The molecule has 1 saturated heterocycles. The fourth-order valence-corrected chi connectivity index (χ4v) is 2.56. The number of ether oxygens (including phenoxy) is 2. The molecule has 0 aromatic carbocycles. The topological polar surface area (TPSA) is 18.5 Å². The van der Waals surface area contributed by atoms with Crippen molar-refractivity contribution < 1.29 is 13.9 Å². The summed E-state index contributed by atoms with van der Waals surface area (Å²) in [6, 6.07) is 0. The second-order valence-electron chi connectivity index (χ2n) is 5.23. The van der Waals surface area contributed by atoms with Crippen molar-refractivity contribution in [2.75, 3.05) is 13.2 Å². The van der Waals surface area contributed by atoms with E-state index in [1.54, 1.807) is 6.08 Å². The van der Waals surface area contributed by atoms with Gasteiger partial charge < -0.3 is 9.47 Å². The Kier molecular flexibility index (Phi) is 4.99. The largest absolute Gasteiger partial charge is 0.352 e. The zero-order chi connectivity index (χ0) is 12.1. The maximum Gasteiger partial charge on any atom is 0.160 e. The van der Waals surface area contributed by atoms with E-state index in [0.29, 0.717) is 18.3 Å². The number of hydrogen-bond acceptors (Lipinski definition) is 2. The van der Waals surface area contributed by atoms with Gasteiger partial charge in [-0.25, -0.2) is 4.39 Å². The lowest BCUT2D eigenvalue weighted by atomic mass is 9.92. The van der Waals surface area contributed by atoms with Gasteiger partial charge in [0.05, 0.1) is 19.0 Å². The molecule has 1 aliphatic heterocycles. The van der Waals surface area contributed by atoms with E-state index in [0.717, 1.165) is 26.1 Å². The lowest BCUT2D eigenvalue weighted by Crippen LogP contribution is -2.37. The molecule has 98 valence electrons. The van der Waals surface area contributed by atoms with Crippen molar-refractivity contribution in [3.63, 3.8) is 0 Å². The summed E-state index contributed by atoms with van der Waals surface area (Å²) in [5.41, 5.74) is 0. The van der Waals surface area contributed by atoms with Crippen molar-refractivity contribution in [3.05, 3.63) is 11.9 Å². The maximum absolute atomic E-state index is 12.9. The minimum absolute atomic E-state index is 0.0258. The lowest BCUT2D eigenvalue weighted by Gasteiger charge is -2.35. The Morgan fingerprint density at radius 2 is 2.12 bits per heavy atom. The average molecular weight is 242 g/mol. The minimum atomic E-state index is -0.0998. The van der Waals surface area contributed by atoms with E-state index in [1.165, 1.54) is 19.3 Å². The summed E-state index contributed by atoms with van der Waals surface area (Å²) in [4.78, 5) is 0. The van der Waals surface area contributed by atoms with Crippen LogP contribution in [-0.4, -0.2) is 19.5 Å². The van der Waals surface area contributed by atoms with Crippen LogP contribution in [0, 0.1) is 11.8 Å². The van der Waals surface area contributed by atoms with Crippen LogP contribution >= 0.6 is 0 Å². The fraction of sp³-hybridized carbons (Fsp3) is 0.857. The highest BCUT2D eigenvalue weighted by Gasteiger charge is 2.30. The van der Waals surface area contributed by atoms with Crippen molar-refractivity contribution >= 4 is 0 Å². The molecular weight excluding hydrogens is 219 g/mol. The Hall–Kier alpha value is -0.410. The van der Waals surface area contributed by atoms with E-state index in [1.807, 2.05) is 0 Å². The number of hydrogen-bond donors (Lipinski definition) is 0. The first kappa shape index (κ1) is 13.0. The quantitative estimate of drug-likeness (QED) is 0.746. The van der Waals surface area contributed by atoms with Gasteiger partial charge in [0, 0.05) is 11.8 Å². The van der Waals surface area contributed by atoms with Crippen LogP contribution in [0.3, 0.4) is 0 Å². The second kappa shape index (κ2) is 6.50. The molecule has 2 nitrogen and oxygen atoms in total. The zero-order valence-electron chi connectivity index (χ0n) is 10.7. The standard InChI is InChI=1S/C14H23FO2/c1-2-3-4-11-9-16-14(17-10-11)12-5-7-13(15)8-6-12/h7,11-12,14H,2-6,8-10H2,1H3. The van der Waals surface area contributed by atoms with E-state index in [2.05, 4.69) is 6.92 Å². The summed E-state index contributed by atoms with van der Waals surface area (Å²) < 4.78 is 24.5. The van der Waals surface area contributed by atoms with Crippen LogP contribution in [0.1, 0.15) is 45.4 Å². The maximum atomic E-state index is 12.9. The van der Waals surface area contributed by atoms with Gasteiger partial charge in [0.25, 0.3) is 0 Å². The molecule has 0 aromatic rings. The molecular formula is C14H23FO2. The molecule has 3 heteroatoms. The molecule has 17 heavy (non-hydrogen) atoms. The third kappa shape index (κ3) is 3.78. The van der Waals surface area contributed by atoms with Gasteiger partial charge in [-0.15, -0.1) is 0 Å². The van der Waals surface area contributed by atoms with Gasteiger partial charge in [-0.1, -0.05) is 25.8 Å². The van der Waals surface area contributed by atoms with Gasteiger partial charge in [-0.05, 0) is 25.7 Å². The van der Waals surface area contributed by atoms with Crippen molar-refractivity contribution in [1.29, 1.82) is 0 Å². The highest BCUT2D eigenvalue weighted by atomic mass is 19.1. The van der Waals surface area contributed by atoms with Crippen molar-refractivity contribution in [2.24, 2.45) is 11.8 Å². The van der Waals surface area contributed by atoms with Gasteiger partial charge in [-0.3, -0.25) is 0 Å². The normalized spacial score (nSPS) is 34.5. The summed E-state index contributed by atoms with van der Waals surface area (Å²) in [5, 5.41) is 0. The molecule has 0 saturated carbocycles. The molecule has 1 fully saturated rings. The monoisotopic (exact) mass is 242 g/mol. The summed E-state index contributed by atoms with van der Waals surface area (Å²) in [7, 11) is 0. The Labute approximate surface area is 103 Å². The van der Waals surface area contributed by atoms with Crippen LogP contribution < -0.4 is 0 Å². The van der Waals surface area contributed by atoms with E-state index in [4.69, 9.17) is 9.47 Å². The molecule has 2 aliphatic rings. The summed E-state index contributed by atoms with van der Waals surface area (Å²) >= 11 is 0. The van der Waals surface area contributed by atoms with Crippen molar-refractivity contribution in [2.45, 2.75) is 51.7 Å². The van der Waals surface area contributed by atoms with Crippen LogP contribution in [0.2, 0.25) is 0 Å². The average Bonchev–Trinajstić information content (AvgIpc) is 2.38. The van der Waals surface area contributed by atoms with Crippen LogP contribution in [0.4, 0.5) is 4.39 Å². The predicted octanol–water partition coefficient (Wildman–Crippen LogP) is 3.82. The van der Waals surface area contributed by atoms with Gasteiger partial charge in [0.2, 0.25) is 0 Å². The fourth-order valence-electron chi connectivity index (χ4n) is 2.56. The van der Waals surface area contributed by atoms with Crippen LogP contribution in [0.15, 0.2) is 11.9 Å². The SMILES string of the molecule is CCCCC1COC(C2CC=C(F)CC2)OC1. The summed E-state index contributed by atoms with van der Waals surface area (Å²) in [6.07, 6.45) is 7.42. The Balaban J connectivity index is 1.72. The molecule has 1 atom stereocenters. The lowest BCUT2D eigenvalue weighted by molar-refractivity contribution is -0.226. The van der Waals surface area contributed by atoms with E-state index < -0.39 is 0 Å². The van der Waals surface area contributed by atoms with E-state index in [-0.39, 0.29) is 12.1 Å². The first-order chi connectivity index (χ1) is 8.29. The second-order valence-corrected chi connectivity index (χ2v) is 5.23. The number of allylic oxidation sites excluding steroid dienone is 2. The molecule has 0 radical (unpaired) electrons. The number of unbranched alkanes of at least 4 members (excludes halogenated alkanes) is 1. The molecule has 1 aliphatic carbocycles. The van der Waals surface area contributed by atoms with Crippen LogP contribution in [0.25, 0.3) is 0 Å². The molecule has 0 spiro atoms. The smallest absolute Gasteiger partial charge is 0.160 e. The summed E-state index contributed by atoms with van der Waals surface area (Å²) in [5.74, 6) is 0.932. The van der Waals surface area contributed by atoms with Gasteiger partial charge in [0.15, 0.2) is 6.29 Å². The molecule has 0 aromatic heterocycles. The highest BCUT2D eigenvalue weighted by Crippen LogP contribution is 2.31. The third-order valence-electron chi connectivity index (χ3n) is 3.74. The first-order valence-electron chi connectivity index (χ1n) is 6.87. The van der Waals surface area contributed by atoms with Gasteiger partial charge in [-0.2, -0.15) is 0 Å². The Bertz CT molecular complexity index is 257. The van der Waals surface area contributed by atoms with Gasteiger partial charge in [0.1, 0.15) is 0 Å². The number of rotatable bonds is 4. The van der Waals surface area contributed by atoms with Crippen molar-refractivity contribution in [3.8, 4) is 0 Å². The van der Waals surface area contributed by atoms with E-state index >= 15 is 0 Å². The minimum Gasteiger partial charge on any atom is -0.352 e. The van der Waals surface area contributed by atoms with Gasteiger partial charge >= 0.3 is 0 Å². The Morgan fingerprint density at radius 3 is 2.71 bits per heavy atom. The molecule has 1 unspecified atom stereocenters. The van der Waals surface area contributed by atoms with Crippen LogP contribution in [0.5, 0.6) is 0 Å². The molecule has 0 amide bonds. The third-order valence-corrected chi connectivity index (χ3v) is 3.74. The predicted molar refractivity (Wildman–Crippen MR) is 65.2 cm³/mol. The number of halogens is 1. The molecule has 0 N–H and O–H groups in total. The Morgan fingerprint density at radius 1 is 1.35 bits per heavy atom. The van der Waals surface area contributed by atoms with E-state index in [9.17, 15) is 4.39 Å². The van der Waals surface area contributed by atoms with Crippen molar-refractivity contribution in [1.82, 2.24) is 0 Å². The summed E-state index contributed by atoms with van der Waals surface area (Å²) in [6.45, 7) is 3.83. The first-order valence-corrected chi connectivity index (χ1v) is 6.87.